The molecule has 1 aromatic rings. The molecule has 1 atom stereocenters. The number of carbonyl (C=O) groups is 1. The minimum Gasteiger partial charge on any atom is -0.484 e. The van der Waals surface area contributed by atoms with Gasteiger partial charge < -0.3 is 10.1 Å². The molecule has 25 heavy (non-hydrogen) atoms. The Labute approximate surface area is 147 Å². The number of carbonyl (C=O) groups excluding carboxylic acids is 1. The van der Waals surface area contributed by atoms with E-state index < -0.39 is 11.6 Å². The van der Waals surface area contributed by atoms with Crippen LogP contribution in [0.5, 0.6) is 5.75 Å². The van der Waals surface area contributed by atoms with Gasteiger partial charge in [0.1, 0.15) is 5.75 Å². The highest BCUT2D eigenvalue weighted by atomic mass is 19.2. The molecule has 0 unspecified atom stereocenters. The number of hydrogen-bond donors (Lipinski definition) is 1. The standard InChI is InChI=1S/C20H25F2NO2/c1-12(20-8-13-4-14(9-20)6-15(5-13)10-20)23-19(24)11-25-16-2-3-17(21)18(22)7-16/h2-3,7,12-15H,4-6,8-11H2,1H3,(H,23,24)/t12-,13?,14?,15?,20?/m0/s1. The minimum atomic E-state index is -0.972. The normalized spacial score (nSPS) is 34.0. The first-order chi connectivity index (χ1) is 11.9. The number of halogens is 2. The molecule has 0 radical (unpaired) electrons. The first-order valence-electron chi connectivity index (χ1n) is 9.31. The van der Waals surface area contributed by atoms with Gasteiger partial charge in [-0.3, -0.25) is 4.79 Å². The van der Waals surface area contributed by atoms with E-state index in [9.17, 15) is 13.6 Å². The van der Waals surface area contributed by atoms with E-state index in [1.807, 2.05) is 0 Å². The van der Waals surface area contributed by atoms with Crippen LogP contribution in [-0.4, -0.2) is 18.6 Å². The van der Waals surface area contributed by atoms with Gasteiger partial charge in [-0.1, -0.05) is 0 Å². The van der Waals surface area contributed by atoms with Crippen LogP contribution in [0.3, 0.4) is 0 Å². The summed E-state index contributed by atoms with van der Waals surface area (Å²) in [6, 6.07) is 3.42. The Morgan fingerprint density at radius 3 is 2.32 bits per heavy atom. The summed E-state index contributed by atoms with van der Waals surface area (Å²) in [6.45, 7) is 1.93. The molecule has 1 N–H and O–H groups in total. The van der Waals surface area contributed by atoms with Gasteiger partial charge in [0, 0.05) is 12.1 Å². The second kappa shape index (κ2) is 6.26. The Bertz CT molecular complexity index is 640. The summed E-state index contributed by atoms with van der Waals surface area (Å²) in [4.78, 5) is 12.3. The van der Waals surface area contributed by atoms with Gasteiger partial charge in [-0.2, -0.15) is 0 Å². The topological polar surface area (TPSA) is 38.3 Å². The van der Waals surface area contributed by atoms with Crippen molar-refractivity contribution in [3.05, 3.63) is 29.8 Å². The van der Waals surface area contributed by atoms with Crippen molar-refractivity contribution in [2.45, 2.75) is 51.5 Å². The van der Waals surface area contributed by atoms with E-state index in [0.29, 0.717) is 0 Å². The third-order valence-corrected chi connectivity index (χ3v) is 6.64. The molecule has 0 aromatic heterocycles. The quantitative estimate of drug-likeness (QED) is 0.870. The predicted octanol–water partition coefficient (Wildman–Crippen LogP) is 4.06. The molecule has 0 aliphatic heterocycles. The van der Waals surface area contributed by atoms with Gasteiger partial charge in [0.15, 0.2) is 18.2 Å². The molecule has 4 saturated carbocycles. The lowest BCUT2D eigenvalue weighted by Crippen LogP contribution is -2.56. The molecule has 5 rings (SSSR count). The van der Waals surface area contributed by atoms with Gasteiger partial charge in [0.05, 0.1) is 0 Å². The number of amides is 1. The van der Waals surface area contributed by atoms with Crippen LogP contribution < -0.4 is 10.1 Å². The van der Waals surface area contributed by atoms with Crippen molar-refractivity contribution in [1.82, 2.24) is 5.32 Å². The van der Waals surface area contributed by atoms with Crippen molar-refractivity contribution in [2.24, 2.45) is 23.2 Å². The van der Waals surface area contributed by atoms with Gasteiger partial charge in [0.2, 0.25) is 0 Å². The molecule has 0 spiro atoms. The minimum absolute atomic E-state index is 0.127. The Balaban J connectivity index is 1.34. The fourth-order valence-corrected chi connectivity index (χ4v) is 5.86. The second-order valence-electron chi connectivity index (χ2n) is 8.43. The van der Waals surface area contributed by atoms with Gasteiger partial charge >= 0.3 is 0 Å². The molecule has 4 aliphatic carbocycles. The molecule has 4 fully saturated rings. The van der Waals surface area contributed by atoms with E-state index in [-0.39, 0.29) is 29.7 Å². The number of benzene rings is 1. The molecular weight excluding hydrogens is 324 g/mol. The van der Waals surface area contributed by atoms with Crippen LogP contribution in [0, 0.1) is 34.8 Å². The Hall–Kier alpha value is -1.65. The second-order valence-corrected chi connectivity index (χ2v) is 8.43. The lowest BCUT2D eigenvalue weighted by atomic mass is 9.48. The number of rotatable bonds is 5. The zero-order valence-corrected chi connectivity index (χ0v) is 14.6. The van der Waals surface area contributed by atoms with E-state index in [1.54, 1.807) is 0 Å². The van der Waals surface area contributed by atoms with Crippen LogP contribution in [0.1, 0.15) is 45.4 Å². The summed E-state index contributed by atoms with van der Waals surface area (Å²) in [7, 11) is 0. The molecule has 4 bridgehead atoms. The molecule has 5 heteroatoms. The van der Waals surface area contributed by atoms with Crippen molar-refractivity contribution in [3.8, 4) is 5.75 Å². The predicted molar refractivity (Wildman–Crippen MR) is 90.1 cm³/mol. The van der Waals surface area contributed by atoms with Crippen molar-refractivity contribution in [1.29, 1.82) is 0 Å². The summed E-state index contributed by atoms with van der Waals surface area (Å²) in [5.41, 5.74) is 0.242. The van der Waals surface area contributed by atoms with Crippen molar-refractivity contribution >= 4 is 5.91 Å². The Kier molecular flexibility index (Phi) is 4.20. The zero-order valence-electron chi connectivity index (χ0n) is 14.6. The maximum Gasteiger partial charge on any atom is 0.258 e. The van der Waals surface area contributed by atoms with Gasteiger partial charge in [-0.05, 0) is 80.8 Å². The highest BCUT2D eigenvalue weighted by molar-refractivity contribution is 5.77. The molecule has 4 aliphatic rings. The molecule has 1 aromatic carbocycles. The van der Waals surface area contributed by atoms with Crippen LogP contribution in [-0.2, 0) is 4.79 Å². The summed E-state index contributed by atoms with van der Waals surface area (Å²) >= 11 is 0. The monoisotopic (exact) mass is 349 g/mol. The fourth-order valence-electron chi connectivity index (χ4n) is 5.86. The molecule has 0 saturated heterocycles. The molecule has 136 valence electrons. The molecule has 1 amide bonds. The number of nitrogens with one attached hydrogen (secondary N) is 1. The smallest absolute Gasteiger partial charge is 0.258 e. The summed E-state index contributed by atoms with van der Waals surface area (Å²) in [5, 5.41) is 3.10. The van der Waals surface area contributed by atoms with E-state index in [4.69, 9.17) is 4.74 Å². The van der Waals surface area contributed by atoms with E-state index in [1.165, 1.54) is 44.6 Å². The summed E-state index contributed by atoms with van der Waals surface area (Å²) in [5.74, 6) is 0.577. The third-order valence-electron chi connectivity index (χ3n) is 6.64. The molecular formula is C20H25F2NO2. The summed E-state index contributed by atoms with van der Waals surface area (Å²) in [6.07, 6.45) is 7.80. The lowest BCUT2D eigenvalue weighted by molar-refractivity contribution is -0.127. The van der Waals surface area contributed by atoms with E-state index >= 15 is 0 Å². The van der Waals surface area contributed by atoms with Crippen LogP contribution in [0.2, 0.25) is 0 Å². The first-order valence-corrected chi connectivity index (χ1v) is 9.31. The fraction of sp³-hybridized carbons (Fsp3) is 0.650. The average molecular weight is 349 g/mol. The zero-order chi connectivity index (χ0) is 17.6. The number of ether oxygens (including phenoxy) is 1. The van der Waals surface area contributed by atoms with Crippen molar-refractivity contribution in [2.75, 3.05) is 6.61 Å². The van der Waals surface area contributed by atoms with Gasteiger partial charge in [0.25, 0.3) is 5.91 Å². The molecule has 3 nitrogen and oxygen atoms in total. The third kappa shape index (κ3) is 3.25. The van der Waals surface area contributed by atoms with Crippen LogP contribution in [0.4, 0.5) is 8.78 Å². The highest BCUT2D eigenvalue weighted by Crippen LogP contribution is 2.61. The largest absolute Gasteiger partial charge is 0.484 e. The van der Waals surface area contributed by atoms with Crippen LogP contribution >= 0.6 is 0 Å². The van der Waals surface area contributed by atoms with Crippen LogP contribution in [0.15, 0.2) is 18.2 Å². The van der Waals surface area contributed by atoms with Gasteiger partial charge in [-0.25, -0.2) is 8.78 Å². The Morgan fingerprint density at radius 2 is 1.76 bits per heavy atom. The lowest BCUT2D eigenvalue weighted by Gasteiger charge is -2.59. The maximum absolute atomic E-state index is 13.2. The number of hydrogen-bond acceptors (Lipinski definition) is 2. The molecule has 0 heterocycles. The van der Waals surface area contributed by atoms with Crippen molar-refractivity contribution < 1.29 is 18.3 Å². The van der Waals surface area contributed by atoms with Crippen molar-refractivity contribution in [3.63, 3.8) is 0 Å². The SMILES string of the molecule is C[C@H](NC(=O)COc1ccc(F)c(F)c1)C12CC3CC(CC(C3)C1)C2. The highest BCUT2D eigenvalue weighted by Gasteiger charge is 2.53. The first kappa shape index (κ1) is 16.8. The van der Waals surface area contributed by atoms with E-state index in [0.717, 1.165) is 29.9 Å². The maximum atomic E-state index is 13.2. The average Bonchev–Trinajstić information content (AvgIpc) is 2.54. The van der Waals surface area contributed by atoms with E-state index in [2.05, 4.69) is 12.2 Å². The van der Waals surface area contributed by atoms with Crippen LogP contribution in [0.25, 0.3) is 0 Å². The Morgan fingerprint density at radius 1 is 1.16 bits per heavy atom. The van der Waals surface area contributed by atoms with Gasteiger partial charge in [-0.15, -0.1) is 0 Å². The summed E-state index contributed by atoms with van der Waals surface area (Å²) < 4.78 is 31.4.